The van der Waals surface area contributed by atoms with Crippen LogP contribution in [0, 0.1) is 6.92 Å². The summed E-state index contributed by atoms with van der Waals surface area (Å²) in [5.41, 5.74) is 4.39. The minimum atomic E-state index is -0.0158. The van der Waals surface area contributed by atoms with Crippen LogP contribution in [0.1, 0.15) is 54.7 Å². The summed E-state index contributed by atoms with van der Waals surface area (Å²) >= 11 is 5.46. The van der Waals surface area contributed by atoms with Crippen molar-refractivity contribution in [1.82, 2.24) is 5.32 Å². The number of ether oxygens (including phenoxy) is 1. The van der Waals surface area contributed by atoms with Crippen molar-refractivity contribution in [2.24, 2.45) is 0 Å². The molecule has 33 heavy (non-hydrogen) atoms. The molecular formula is C28H32N2O2S. The normalized spacial score (nSPS) is 12.0. The van der Waals surface area contributed by atoms with Gasteiger partial charge in [-0.3, -0.25) is 4.79 Å². The Labute approximate surface area is 202 Å². The van der Waals surface area contributed by atoms with E-state index in [1.165, 1.54) is 5.56 Å². The van der Waals surface area contributed by atoms with E-state index in [0.29, 0.717) is 22.8 Å². The molecule has 0 aromatic heterocycles. The zero-order chi connectivity index (χ0) is 24.0. The summed E-state index contributed by atoms with van der Waals surface area (Å²) in [6.07, 6.45) is 0. The molecule has 5 heteroatoms. The van der Waals surface area contributed by atoms with Crippen LogP contribution < -0.4 is 15.4 Å². The minimum Gasteiger partial charge on any atom is -0.491 e. The first-order valence-electron chi connectivity index (χ1n) is 11.1. The van der Waals surface area contributed by atoms with Gasteiger partial charge in [0.15, 0.2) is 10.9 Å². The van der Waals surface area contributed by atoms with E-state index in [1.807, 2.05) is 86.6 Å². The summed E-state index contributed by atoms with van der Waals surface area (Å²) in [5.74, 6) is 0.852. The largest absolute Gasteiger partial charge is 0.491 e. The Kier molecular flexibility index (Phi) is 7.88. The SMILES string of the molecule is Cc1ccccc1OC[C@H](C)NC(=S)Nc1cccc(C(=O)c2ccc(C(C)(C)C)cc2)c1. The van der Waals surface area contributed by atoms with Crippen molar-refractivity contribution >= 4 is 28.8 Å². The van der Waals surface area contributed by atoms with Gasteiger partial charge in [-0.15, -0.1) is 0 Å². The number of carbonyl (C=O) groups is 1. The molecule has 0 unspecified atom stereocenters. The number of ketones is 1. The second kappa shape index (κ2) is 10.6. The van der Waals surface area contributed by atoms with Crippen LogP contribution in [0.2, 0.25) is 0 Å². The molecule has 172 valence electrons. The van der Waals surface area contributed by atoms with Gasteiger partial charge in [-0.1, -0.05) is 75.4 Å². The molecule has 0 amide bonds. The minimum absolute atomic E-state index is 0.00996. The van der Waals surface area contributed by atoms with E-state index >= 15 is 0 Å². The van der Waals surface area contributed by atoms with E-state index in [9.17, 15) is 4.79 Å². The molecule has 0 aliphatic rings. The lowest BCUT2D eigenvalue weighted by atomic mass is 9.86. The van der Waals surface area contributed by atoms with Crippen LogP contribution in [0.3, 0.4) is 0 Å². The van der Waals surface area contributed by atoms with Gasteiger partial charge < -0.3 is 15.4 Å². The lowest BCUT2D eigenvalue weighted by Gasteiger charge is -2.19. The Morgan fingerprint density at radius 3 is 2.33 bits per heavy atom. The summed E-state index contributed by atoms with van der Waals surface area (Å²) in [6, 6.07) is 23.2. The fourth-order valence-corrected chi connectivity index (χ4v) is 3.71. The van der Waals surface area contributed by atoms with Gasteiger partial charge in [-0.25, -0.2) is 0 Å². The molecule has 0 saturated carbocycles. The Bertz CT molecular complexity index is 1120. The molecule has 0 spiro atoms. The van der Waals surface area contributed by atoms with E-state index in [-0.39, 0.29) is 17.2 Å². The van der Waals surface area contributed by atoms with Crippen LogP contribution in [0.25, 0.3) is 0 Å². The number of aryl methyl sites for hydroxylation is 1. The molecule has 0 aliphatic heterocycles. The lowest BCUT2D eigenvalue weighted by molar-refractivity contribution is 0.103. The molecule has 0 saturated heterocycles. The van der Waals surface area contributed by atoms with E-state index in [4.69, 9.17) is 17.0 Å². The Morgan fingerprint density at radius 1 is 0.970 bits per heavy atom. The maximum absolute atomic E-state index is 13.0. The van der Waals surface area contributed by atoms with Crippen LogP contribution >= 0.6 is 12.2 Å². The number of benzene rings is 3. The number of hydrogen-bond donors (Lipinski definition) is 2. The molecule has 0 radical (unpaired) electrons. The Balaban J connectivity index is 1.58. The number of carbonyl (C=O) groups excluding carboxylic acids is 1. The van der Waals surface area contributed by atoms with Crippen LogP contribution in [0.4, 0.5) is 5.69 Å². The molecule has 0 fully saturated rings. The van der Waals surface area contributed by atoms with Crippen LogP contribution in [-0.4, -0.2) is 23.5 Å². The number of hydrogen-bond acceptors (Lipinski definition) is 3. The molecular weight excluding hydrogens is 428 g/mol. The average molecular weight is 461 g/mol. The fourth-order valence-electron chi connectivity index (χ4n) is 3.39. The summed E-state index contributed by atoms with van der Waals surface area (Å²) in [4.78, 5) is 13.0. The van der Waals surface area contributed by atoms with Gasteiger partial charge in [0.1, 0.15) is 12.4 Å². The average Bonchev–Trinajstić information content (AvgIpc) is 2.77. The summed E-state index contributed by atoms with van der Waals surface area (Å²) < 4.78 is 5.88. The monoisotopic (exact) mass is 460 g/mol. The number of rotatable bonds is 7. The molecule has 2 N–H and O–H groups in total. The van der Waals surface area contributed by atoms with Crippen LogP contribution in [-0.2, 0) is 5.41 Å². The van der Waals surface area contributed by atoms with E-state index in [1.54, 1.807) is 0 Å². The summed E-state index contributed by atoms with van der Waals surface area (Å²) in [6.45, 7) is 11.0. The Hall–Kier alpha value is -3.18. The quantitative estimate of drug-likeness (QED) is 0.321. The zero-order valence-corrected chi connectivity index (χ0v) is 20.8. The number of anilines is 1. The second-order valence-corrected chi connectivity index (χ2v) is 9.72. The first-order valence-corrected chi connectivity index (χ1v) is 11.6. The van der Waals surface area contributed by atoms with E-state index in [2.05, 4.69) is 31.4 Å². The van der Waals surface area contributed by atoms with E-state index in [0.717, 1.165) is 17.0 Å². The third-order valence-electron chi connectivity index (χ3n) is 5.36. The van der Waals surface area contributed by atoms with Crippen LogP contribution in [0.5, 0.6) is 5.75 Å². The fraction of sp³-hybridized carbons (Fsp3) is 0.286. The summed E-state index contributed by atoms with van der Waals surface area (Å²) in [5, 5.41) is 6.88. The lowest BCUT2D eigenvalue weighted by Crippen LogP contribution is -2.39. The zero-order valence-electron chi connectivity index (χ0n) is 19.9. The van der Waals surface area contributed by atoms with Crippen molar-refractivity contribution in [2.45, 2.75) is 46.1 Å². The second-order valence-electron chi connectivity index (χ2n) is 9.31. The topological polar surface area (TPSA) is 50.4 Å². The maximum atomic E-state index is 13.0. The van der Waals surface area contributed by atoms with Crippen molar-refractivity contribution in [3.05, 3.63) is 95.1 Å². The molecule has 1 atom stereocenters. The van der Waals surface area contributed by atoms with Gasteiger partial charge in [0, 0.05) is 16.8 Å². The highest BCUT2D eigenvalue weighted by atomic mass is 32.1. The van der Waals surface area contributed by atoms with Gasteiger partial charge in [-0.2, -0.15) is 0 Å². The van der Waals surface area contributed by atoms with Crippen molar-refractivity contribution in [3.63, 3.8) is 0 Å². The maximum Gasteiger partial charge on any atom is 0.193 e. The highest BCUT2D eigenvalue weighted by Gasteiger charge is 2.15. The summed E-state index contributed by atoms with van der Waals surface area (Å²) in [7, 11) is 0. The van der Waals surface area contributed by atoms with Crippen molar-refractivity contribution < 1.29 is 9.53 Å². The molecule has 4 nitrogen and oxygen atoms in total. The smallest absolute Gasteiger partial charge is 0.193 e. The van der Waals surface area contributed by atoms with Crippen LogP contribution in [0.15, 0.2) is 72.8 Å². The van der Waals surface area contributed by atoms with Gasteiger partial charge in [0.25, 0.3) is 0 Å². The third kappa shape index (κ3) is 6.90. The Morgan fingerprint density at radius 2 is 1.67 bits per heavy atom. The van der Waals surface area contributed by atoms with Crippen molar-refractivity contribution in [1.29, 1.82) is 0 Å². The van der Waals surface area contributed by atoms with Gasteiger partial charge in [0.2, 0.25) is 0 Å². The molecule has 0 bridgehead atoms. The highest BCUT2D eigenvalue weighted by Crippen LogP contribution is 2.23. The van der Waals surface area contributed by atoms with E-state index < -0.39 is 0 Å². The van der Waals surface area contributed by atoms with Gasteiger partial charge in [-0.05, 0) is 60.8 Å². The first-order chi connectivity index (χ1) is 15.6. The molecule has 3 aromatic carbocycles. The number of thiocarbonyl (C=S) groups is 1. The van der Waals surface area contributed by atoms with Gasteiger partial charge >= 0.3 is 0 Å². The predicted molar refractivity (Wildman–Crippen MR) is 141 cm³/mol. The molecule has 0 heterocycles. The predicted octanol–water partition coefficient (Wildman–Crippen LogP) is 6.28. The third-order valence-corrected chi connectivity index (χ3v) is 5.58. The first kappa shape index (κ1) is 24.5. The van der Waals surface area contributed by atoms with Crippen molar-refractivity contribution in [2.75, 3.05) is 11.9 Å². The number of nitrogens with one attached hydrogen (secondary N) is 2. The van der Waals surface area contributed by atoms with Gasteiger partial charge in [0.05, 0.1) is 6.04 Å². The standard InChI is InChI=1S/C28H32N2O2S/c1-19-9-6-7-12-25(19)32-18-20(2)29-27(33)30-24-11-8-10-22(17-24)26(31)21-13-15-23(16-14-21)28(3,4)5/h6-17,20H,18H2,1-5H3,(H2,29,30,33)/t20-/m0/s1. The molecule has 3 aromatic rings. The number of para-hydroxylation sites is 1. The van der Waals surface area contributed by atoms with Crippen molar-refractivity contribution in [3.8, 4) is 5.75 Å². The molecule has 3 rings (SSSR count). The highest BCUT2D eigenvalue weighted by molar-refractivity contribution is 7.80. The molecule has 0 aliphatic carbocycles.